The van der Waals surface area contributed by atoms with Gasteiger partial charge in [-0.15, -0.1) is 0 Å². The predicted molar refractivity (Wildman–Crippen MR) is 180 cm³/mol. The Kier molecular flexibility index (Phi) is 5.60. The van der Waals surface area contributed by atoms with Crippen LogP contribution in [0.1, 0.15) is 30.5 Å². The molecule has 0 saturated heterocycles. The first-order chi connectivity index (χ1) is 21.5. The first-order valence-electron chi connectivity index (χ1n) is 14.8. The highest BCUT2D eigenvalue weighted by Crippen LogP contribution is 2.52. The zero-order valence-electron chi connectivity index (χ0n) is 24.5. The zero-order valence-corrected chi connectivity index (χ0v) is 24.5. The summed E-state index contributed by atoms with van der Waals surface area (Å²) in [4.78, 5) is 4.17. The molecule has 0 fully saturated rings. The van der Waals surface area contributed by atoms with Crippen molar-refractivity contribution in [1.82, 2.24) is 4.57 Å². The van der Waals surface area contributed by atoms with E-state index >= 15 is 0 Å². The average Bonchev–Trinajstić information content (AvgIpc) is 3.51. The van der Waals surface area contributed by atoms with Crippen molar-refractivity contribution in [2.24, 2.45) is 0 Å². The fourth-order valence-electron chi connectivity index (χ4n) is 7.19. The number of hydrogen-bond donors (Lipinski definition) is 0. The van der Waals surface area contributed by atoms with Crippen LogP contribution in [0.2, 0.25) is 0 Å². The standard InChI is InChI=1S/C41H27N3/c1-41(2)35-20-12-10-18-28(35)32-23-33-29-19-11-13-21-37(29)44(38(33)24-36(32)41)40-34(25-42)30(26-14-6-4-7-15-26)22-31(39(40)43-3)27-16-8-5-9-17-27/h4-24H,1-2H3. The molecule has 0 aliphatic heterocycles. The first-order valence-corrected chi connectivity index (χ1v) is 14.8. The van der Waals surface area contributed by atoms with Crippen molar-refractivity contribution in [3.63, 3.8) is 0 Å². The molecular weight excluding hydrogens is 534 g/mol. The Bertz CT molecular complexity index is 2290. The molecule has 1 heterocycles. The number of aromatic nitrogens is 1. The van der Waals surface area contributed by atoms with Crippen LogP contribution >= 0.6 is 0 Å². The Hall–Kier alpha value is -5.90. The third-order valence-corrected chi connectivity index (χ3v) is 9.27. The maximum Gasteiger partial charge on any atom is 0.219 e. The highest BCUT2D eigenvalue weighted by molar-refractivity contribution is 6.13. The van der Waals surface area contributed by atoms with Gasteiger partial charge in [0.25, 0.3) is 0 Å². The summed E-state index contributed by atoms with van der Waals surface area (Å²) in [6.45, 7) is 13.1. The van der Waals surface area contributed by atoms with Crippen LogP contribution in [0.3, 0.4) is 0 Å². The molecule has 0 radical (unpaired) electrons. The second-order valence-electron chi connectivity index (χ2n) is 11.9. The lowest BCUT2D eigenvalue weighted by Gasteiger charge is -2.22. The molecule has 1 aliphatic rings. The van der Waals surface area contributed by atoms with Crippen LogP contribution in [0.15, 0.2) is 127 Å². The number of fused-ring (bicyclic) bond motifs is 6. The van der Waals surface area contributed by atoms with Crippen LogP contribution in [0, 0.1) is 17.9 Å². The van der Waals surface area contributed by atoms with Gasteiger partial charge in [-0.1, -0.05) is 123 Å². The fourth-order valence-corrected chi connectivity index (χ4v) is 7.19. The van der Waals surface area contributed by atoms with Gasteiger partial charge in [0.2, 0.25) is 5.69 Å². The summed E-state index contributed by atoms with van der Waals surface area (Å²) < 4.78 is 2.18. The fraction of sp³-hybridized carbons (Fsp3) is 0.0732. The van der Waals surface area contributed by atoms with Gasteiger partial charge in [0.15, 0.2) is 0 Å². The summed E-state index contributed by atoms with van der Waals surface area (Å²) in [6.07, 6.45) is 0. The molecule has 0 atom stereocenters. The van der Waals surface area contributed by atoms with E-state index in [2.05, 4.69) is 83.9 Å². The third-order valence-electron chi connectivity index (χ3n) is 9.27. The molecule has 3 nitrogen and oxygen atoms in total. The number of hydrogen-bond acceptors (Lipinski definition) is 1. The van der Waals surface area contributed by atoms with E-state index < -0.39 is 0 Å². The van der Waals surface area contributed by atoms with Gasteiger partial charge < -0.3 is 4.57 Å². The predicted octanol–water partition coefficient (Wildman–Crippen LogP) is 10.8. The first kappa shape index (κ1) is 25.8. The molecule has 6 aromatic carbocycles. The summed E-state index contributed by atoms with van der Waals surface area (Å²) in [5, 5.41) is 13.1. The number of rotatable bonds is 3. The second kappa shape index (κ2) is 9.56. The molecule has 8 rings (SSSR count). The molecule has 1 aliphatic carbocycles. The molecule has 0 amide bonds. The van der Waals surface area contributed by atoms with Gasteiger partial charge in [-0.2, -0.15) is 5.26 Å². The van der Waals surface area contributed by atoms with Crippen LogP contribution in [0.5, 0.6) is 0 Å². The number of para-hydroxylation sites is 1. The Morgan fingerprint density at radius 1 is 0.614 bits per heavy atom. The van der Waals surface area contributed by atoms with Gasteiger partial charge in [0, 0.05) is 16.2 Å². The SMILES string of the molecule is [C-]#[N+]c1c(-c2ccccc2)cc(-c2ccccc2)c(C#N)c1-n1c2ccccc2c2cc3c(cc21)C(C)(C)c1ccccc1-3. The molecule has 0 unspecified atom stereocenters. The minimum atomic E-state index is -0.191. The molecule has 0 bridgehead atoms. The van der Waals surface area contributed by atoms with Crippen molar-refractivity contribution in [3.8, 4) is 45.1 Å². The highest BCUT2D eigenvalue weighted by atomic mass is 15.0. The lowest BCUT2D eigenvalue weighted by atomic mass is 9.82. The molecule has 0 N–H and O–H groups in total. The minimum absolute atomic E-state index is 0.191. The highest BCUT2D eigenvalue weighted by Gasteiger charge is 2.36. The van der Waals surface area contributed by atoms with Gasteiger partial charge in [0.1, 0.15) is 6.07 Å². The molecule has 44 heavy (non-hydrogen) atoms. The van der Waals surface area contributed by atoms with Gasteiger partial charge in [-0.3, -0.25) is 0 Å². The summed E-state index contributed by atoms with van der Waals surface area (Å²) in [7, 11) is 0. The summed E-state index contributed by atoms with van der Waals surface area (Å²) in [5.74, 6) is 0. The number of benzene rings is 6. The van der Waals surface area contributed by atoms with E-state index in [0.29, 0.717) is 16.9 Å². The van der Waals surface area contributed by atoms with Crippen molar-refractivity contribution in [3.05, 3.63) is 156 Å². The molecule has 3 heteroatoms. The van der Waals surface area contributed by atoms with E-state index in [9.17, 15) is 5.26 Å². The molecular formula is C41H27N3. The monoisotopic (exact) mass is 561 g/mol. The topological polar surface area (TPSA) is 33.1 Å². The van der Waals surface area contributed by atoms with Crippen LogP contribution in [-0.4, -0.2) is 4.57 Å². The van der Waals surface area contributed by atoms with Gasteiger partial charge >= 0.3 is 0 Å². The summed E-state index contributed by atoms with van der Waals surface area (Å²) >= 11 is 0. The molecule has 206 valence electrons. The number of nitriles is 1. The number of nitrogens with zero attached hydrogens (tertiary/aromatic N) is 3. The van der Waals surface area contributed by atoms with Gasteiger partial charge in [-0.25, -0.2) is 4.85 Å². The Balaban J connectivity index is 1.57. The lowest BCUT2D eigenvalue weighted by molar-refractivity contribution is 0.661. The van der Waals surface area contributed by atoms with Crippen molar-refractivity contribution in [2.45, 2.75) is 19.3 Å². The van der Waals surface area contributed by atoms with E-state index in [0.717, 1.165) is 44.1 Å². The Labute approximate surface area is 256 Å². The van der Waals surface area contributed by atoms with Crippen LogP contribution in [0.25, 0.3) is 65.7 Å². The lowest BCUT2D eigenvalue weighted by Crippen LogP contribution is -2.15. The van der Waals surface area contributed by atoms with Crippen LogP contribution in [0.4, 0.5) is 5.69 Å². The van der Waals surface area contributed by atoms with Crippen LogP contribution in [-0.2, 0) is 5.41 Å². The summed E-state index contributed by atoms with van der Waals surface area (Å²) in [6, 6.07) is 46.3. The van der Waals surface area contributed by atoms with E-state index in [4.69, 9.17) is 6.57 Å². The van der Waals surface area contributed by atoms with Crippen molar-refractivity contribution < 1.29 is 0 Å². The maximum atomic E-state index is 10.9. The van der Waals surface area contributed by atoms with E-state index in [1.165, 1.54) is 22.3 Å². The average molecular weight is 562 g/mol. The Morgan fingerprint density at radius 3 is 1.95 bits per heavy atom. The quantitative estimate of drug-likeness (QED) is 0.198. The van der Waals surface area contributed by atoms with E-state index in [1.807, 2.05) is 72.8 Å². The maximum absolute atomic E-state index is 10.9. The van der Waals surface area contributed by atoms with Gasteiger partial charge in [-0.05, 0) is 62.7 Å². The zero-order chi connectivity index (χ0) is 30.0. The van der Waals surface area contributed by atoms with E-state index in [-0.39, 0.29) is 5.41 Å². The normalized spacial score (nSPS) is 12.9. The van der Waals surface area contributed by atoms with Gasteiger partial charge in [0.05, 0.1) is 28.9 Å². The van der Waals surface area contributed by atoms with Crippen molar-refractivity contribution in [1.29, 1.82) is 5.26 Å². The third kappa shape index (κ3) is 3.54. The second-order valence-corrected chi connectivity index (χ2v) is 11.9. The Morgan fingerprint density at radius 2 is 1.25 bits per heavy atom. The van der Waals surface area contributed by atoms with Crippen LogP contribution < -0.4 is 0 Å². The smallest absolute Gasteiger partial charge is 0.219 e. The largest absolute Gasteiger partial charge is 0.318 e. The molecule has 0 spiro atoms. The van der Waals surface area contributed by atoms with Crippen molar-refractivity contribution in [2.75, 3.05) is 0 Å². The van der Waals surface area contributed by atoms with E-state index in [1.54, 1.807) is 0 Å². The molecule has 7 aromatic rings. The molecule has 0 saturated carbocycles. The summed E-state index contributed by atoms with van der Waals surface area (Å²) in [5.41, 5.74) is 12.0. The molecule has 1 aromatic heterocycles. The van der Waals surface area contributed by atoms with Crippen molar-refractivity contribution >= 4 is 27.5 Å². The minimum Gasteiger partial charge on any atom is -0.318 e.